The van der Waals surface area contributed by atoms with E-state index in [4.69, 9.17) is 10.00 Å². The van der Waals surface area contributed by atoms with Crippen LogP contribution in [0.25, 0.3) is 0 Å². The van der Waals surface area contributed by atoms with Gasteiger partial charge in [-0.25, -0.2) is 0 Å². The molecule has 1 N–H and O–H groups in total. The number of thiophene rings is 1. The molecule has 1 amide bonds. The molecule has 0 unspecified atom stereocenters. The first-order valence-electron chi connectivity index (χ1n) is 8.74. The van der Waals surface area contributed by atoms with Crippen molar-refractivity contribution in [3.8, 4) is 11.8 Å². The molecule has 136 valence electrons. The number of nitrogens with one attached hydrogen (secondary N) is 1. The van der Waals surface area contributed by atoms with Crippen molar-refractivity contribution in [1.29, 1.82) is 5.26 Å². The number of carbonyl (C=O) groups excluding carboxylic acids is 1. The number of amides is 1. The normalized spacial score (nSPS) is 11.4. The Balaban J connectivity index is 1.67. The number of ether oxygens (including phenoxy) is 1. The van der Waals surface area contributed by atoms with E-state index in [-0.39, 0.29) is 18.6 Å². The van der Waals surface area contributed by atoms with Gasteiger partial charge in [-0.05, 0) is 53.3 Å². The molecule has 3 aromatic rings. The predicted molar refractivity (Wildman–Crippen MR) is 107 cm³/mol. The van der Waals surface area contributed by atoms with Crippen molar-refractivity contribution < 1.29 is 9.53 Å². The quantitative estimate of drug-likeness (QED) is 0.662. The largest absolute Gasteiger partial charge is 0.484 e. The van der Waals surface area contributed by atoms with Gasteiger partial charge in [0.25, 0.3) is 5.91 Å². The maximum absolute atomic E-state index is 12.5. The summed E-state index contributed by atoms with van der Waals surface area (Å²) < 4.78 is 5.54. The Kier molecular flexibility index (Phi) is 6.24. The van der Waals surface area contributed by atoms with Gasteiger partial charge in [-0.3, -0.25) is 4.79 Å². The van der Waals surface area contributed by atoms with Gasteiger partial charge >= 0.3 is 0 Å². The van der Waals surface area contributed by atoms with Crippen molar-refractivity contribution in [3.05, 3.63) is 87.6 Å². The van der Waals surface area contributed by atoms with Crippen LogP contribution in [0.3, 0.4) is 0 Å². The minimum absolute atomic E-state index is 0.0825. The van der Waals surface area contributed by atoms with Crippen LogP contribution in [0.5, 0.6) is 5.75 Å². The highest BCUT2D eigenvalue weighted by Crippen LogP contribution is 2.26. The zero-order chi connectivity index (χ0) is 19.1. The number of benzene rings is 2. The van der Waals surface area contributed by atoms with Crippen LogP contribution in [0.2, 0.25) is 0 Å². The molecule has 0 spiro atoms. The van der Waals surface area contributed by atoms with Gasteiger partial charge in [-0.15, -0.1) is 11.3 Å². The molecule has 2 aromatic carbocycles. The highest BCUT2D eigenvalue weighted by Gasteiger charge is 2.18. The Morgan fingerprint density at radius 2 is 1.89 bits per heavy atom. The Morgan fingerprint density at radius 1 is 1.15 bits per heavy atom. The second-order valence-electron chi connectivity index (χ2n) is 6.04. The lowest BCUT2D eigenvalue weighted by atomic mass is 10.0. The number of nitriles is 1. The third-order valence-corrected chi connectivity index (χ3v) is 5.14. The maximum Gasteiger partial charge on any atom is 0.258 e. The first kappa shape index (κ1) is 18.7. The number of hydrogen-bond donors (Lipinski definition) is 1. The van der Waals surface area contributed by atoms with Crippen LogP contribution in [0.15, 0.2) is 66.0 Å². The van der Waals surface area contributed by atoms with Crippen molar-refractivity contribution in [2.24, 2.45) is 0 Å². The number of nitrogens with zero attached hydrogens (tertiary/aromatic N) is 1. The van der Waals surface area contributed by atoms with Gasteiger partial charge in [0, 0.05) is 4.88 Å². The minimum Gasteiger partial charge on any atom is -0.484 e. The molecular formula is C22H20N2O2S. The lowest BCUT2D eigenvalue weighted by Gasteiger charge is -2.19. The van der Waals surface area contributed by atoms with Crippen LogP contribution in [0, 0.1) is 11.3 Å². The van der Waals surface area contributed by atoms with Crippen LogP contribution in [0.1, 0.15) is 34.5 Å². The van der Waals surface area contributed by atoms with Crippen molar-refractivity contribution in [1.82, 2.24) is 5.32 Å². The van der Waals surface area contributed by atoms with E-state index in [0.29, 0.717) is 11.3 Å². The molecule has 1 heterocycles. The first-order valence-corrected chi connectivity index (χ1v) is 9.62. The minimum atomic E-state index is -0.201. The molecule has 0 aliphatic carbocycles. The summed E-state index contributed by atoms with van der Waals surface area (Å²) >= 11 is 1.61. The lowest BCUT2D eigenvalue weighted by molar-refractivity contribution is -0.123. The van der Waals surface area contributed by atoms with Crippen LogP contribution in [0.4, 0.5) is 0 Å². The fourth-order valence-corrected chi connectivity index (χ4v) is 3.50. The molecule has 3 rings (SSSR count). The second kappa shape index (κ2) is 9.02. The predicted octanol–water partition coefficient (Wildman–Crippen LogP) is 4.47. The van der Waals surface area contributed by atoms with Gasteiger partial charge in [-0.2, -0.15) is 5.26 Å². The van der Waals surface area contributed by atoms with E-state index in [2.05, 4.69) is 42.6 Å². The SMILES string of the molecule is CCc1ccc([C@@H](NC(=O)COc2ccc(C#N)cc2)c2cccs2)cc1. The fourth-order valence-electron chi connectivity index (χ4n) is 2.70. The van der Waals surface area contributed by atoms with E-state index in [1.54, 1.807) is 35.6 Å². The summed E-state index contributed by atoms with van der Waals surface area (Å²) in [4.78, 5) is 13.5. The maximum atomic E-state index is 12.5. The standard InChI is InChI=1S/C22H20N2O2S/c1-2-16-5-9-18(10-6-16)22(20-4-3-13-27-20)24-21(25)15-26-19-11-7-17(14-23)8-12-19/h3-13,22H,2,15H2,1H3,(H,24,25)/t22-/m1/s1. The van der Waals surface area contributed by atoms with Gasteiger partial charge in [0.2, 0.25) is 0 Å². The van der Waals surface area contributed by atoms with E-state index in [1.807, 2.05) is 17.5 Å². The molecule has 1 atom stereocenters. The smallest absolute Gasteiger partial charge is 0.258 e. The van der Waals surface area contributed by atoms with E-state index in [0.717, 1.165) is 16.9 Å². The van der Waals surface area contributed by atoms with Crippen molar-refractivity contribution in [2.75, 3.05) is 6.61 Å². The summed E-state index contributed by atoms with van der Waals surface area (Å²) in [6.07, 6.45) is 0.981. The molecule has 0 bridgehead atoms. The summed E-state index contributed by atoms with van der Waals surface area (Å²) in [6, 6.07) is 20.9. The van der Waals surface area contributed by atoms with Crippen LogP contribution in [-0.2, 0) is 11.2 Å². The zero-order valence-corrected chi connectivity index (χ0v) is 15.8. The highest BCUT2D eigenvalue weighted by atomic mass is 32.1. The molecule has 27 heavy (non-hydrogen) atoms. The molecule has 0 fully saturated rings. The van der Waals surface area contributed by atoms with E-state index in [1.165, 1.54) is 5.56 Å². The molecule has 0 aliphatic heterocycles. The fraction of sp³-hybridized carbons (Fsp3) is 0.182. The monoisotopic (exact) mass is 376 g/mol. The van der Waals surface area contributed by atoms with Crippen LogP contribution >= 0.6 is 11.3 Å². The van der Waals surface area contributed by atoms with Crippen LogP contribution in [-0.4, -0.2) is 12.5 Å². The summed E-state index contributed by atoms with van der Waals surface area (Å²) in [5, 5.41) is 13.9. The second-order valence-corrected chi connectivity index (χ2v) is 7.02. The van der Waals surface area contributed by atoms with E-state index in [9.17, 15) is 4.79 Å². The summed E-state index contributed by atoms with van der Waals surface area (Å²) in [5.74, 6) is 0.362. The average molecular weight is 376 g/mol. The molecule has 0 aliphatic rings. The van der Waals surface area contributed by atoms with Crippen molar-refractivity contribution in [3.63, 3.8) is 0 Å². The Labute approximate surface area is 163 Å². The third kappa shape index (κ3) is 4.96. The number of carbonyl (C=O) groups is 1. The van der Waals surface area contributed by atoms with E-state index >= 15 is 0 Å². The lowest BCUT2D eigenvalue weighted by Crippen LogP contribution is -2.32. The first-order chi connectivity index (χ1) is 13.2. The Hall–Kier alpha value is -3.10. The van der Waals surface area contributed by atoms with Gasteiger partial charge in [0.15, 0.2) is 6.61 Å². The third-order valence-electron chi connectivity index (χ3n) is 4.21. The topological polar surface area (TPSA) is 62.1 Å². The highest BCUT2D eigenvalue weighted by molar-refractivity contribution is 7.10. The molecule has 0 radical (unpaired) electrons. The Bertz CT molecular complexity index is 910. The van der Waals surface area contributed by atoms with Gasteiger partial charge in [0.1, 0.15) is 5.75 Å². The van der Waals surface area contributed by atoms with Crippen molar-refractivity contribution >= 4 is 17.2 Å². The average Bonchev–Trinajstić information content (AvgIpc) is 3.25. The summed E-state index contributed by atoms with van der Waals surface area (Å²) in [7, 11) is 0. The number of hydrogen-bond acceptors (Lipinski definition) is 4. The van der Waals surface area contributed by atoms with E-state index < -0.39 is 0 Å². The molecule has 4 nitrogen and oxygen atoms in total. The Morgan fingerprint density at radius 3 is 2.48 bits per heavy atom. The molecule has 0 saturated heterocycles. The van der Waals surface area contributed by atoms with Gasteiger partial charge in [0.05, 0.1) is 17.7 Å². The summed E-state index contributed by atoms with van der Waals surface area (Å²) in [6.45, 7) is 2.04. The van der Waals surface area contributed by atoms with Gasteiger partial charge in [-0.1, -0.05) is 37.3 Å². The summed E-state index contributed by atoms with van der Waals surface area (Å²) in [5.41, 5.74) is 2.86. The molecule has 1 aromatic heterocycles. The van der Waals surface area contributed by atoms with Crippen LogP contribution < -0.4 is 10.1 Å². The molecule has 0 saturated carbocycles. The molecular weight excluding hydrogens is 356 g/mol. The zero-order valence-electron chi connectivity index (χ0n) is 15.0. The van der Waals surface area contributed by atoms with Crippen molar-refractivity contribution in [2.45, 2.75) is 19.4 Å². The number of aryl methyl sites for hydroxylation is 1. The van der Waals surface area contributed by atoms with Gasteiger partial charge < -0.3 is 10.1 Å². The molecule has 5 heteroatoms. The number of rotatable bonds is 7.